The number of rotatable bonds is 2. The van der Waals surface area contributed by atoms with Crippen LogP contribution in [0.1, 0.15) is 24.1 Å². The van der Waals surface area contributed by atoms with E-state index < -0.39 is 12.1 Å². The minimum Gasteiger partial charge on any atom is -0.475 e. The fourth-order valence-electron chi connectivity index (χ4n) is 3.62. The molecule has 2 aromatic rings. The zero-order valence-electron chi connectivity index (χ0n) is 15.7. The lowest BCUT2D eigenvalue weighted by molar-refractivity contribution is -0.192. The normalized spacial score (nSPS) is 18.2. The molecule has 156 valence electrons. The van der Waals surface area contributed by atoms with E-state index in [1.165, 1.54) is 11.1 Å². The van der Waals surface area contributed by atoms with Crippen molar-refractivity contribution in [3.63, 3.8) is 0 Å². The number of fused-ring (bicyclic) bond motifs is 1. The number of anilines is 1. The molecule has 0 radical (unpaired) electrons. The average molecular weight is 410 g/mol. The minimum absolute atomic E-state index is 0.00901. The fraction of sp³-hybridized carbons (Fsp3) is 0.421. The van der Waals surface area contributed by atoms with E-state index in [0.717, 1.165) is 49.3 Å². The first-order chi connectivity index (χ1) is 13.7. The number of carbonyl (C=O) groups excluding carboxylic acids is 1. The molecule has 29 heavy (non-hydrogen) atoms. The number of hydrogen-bond donors (Lipinski definition) is 3. The number of carbonyl (C=O) groups is 2. The molecule has 3 heterocycles. The first-order valence-corrected chi connectivity index (χ1v) is 9.17. The number of aromatic amines is 1. The number of aliphatic carboxylic acids is 1. The third-order valence-electron chi connectivity index (χ3n) is 5.01. The van der Waals surface area contributed by atoms with Gasteiger partial charge in [0.05, 0.1) is 12.2 Å². The van der Waals surface area contributed by atoms with Crippen LogP contribution in [0.5, 0.6) is 0 Å². The molecule has 0 saturated carbocycles. The maximum Gasteiger partial charge on any atom is 0.490 e. The van der Waals surface area contributed by atoms with Gasteiger partial charge < -0.3 is 15.3 Å². The summed E-state index contributed by atoms with van der Waals surface area (Å²) in [6, 6.07) is 6.21. The van der Waals surface area contributed by atoms with E-state index in [1.807, 2.05) is 24.1 Å². The molecule has 0 spiro atoms. The van der Waals surface area contributed by atoms with Gasteiger partial charge in [-0.1, -0.05) is 12.1 Å². The number of aryl methyl sites for hydroxylation is 1. The van der Waals surface area contributed by atoms with Gasteiger partial charge in [0.25, 0.3) is 0 Å². The molecule has 10 heteroatoms. The second kappa shape index (κ2) is 8.24. The van der Waals surface area contributed by atoms with Gasteiger partial charge in [0.15, 0.2) is 0 Å². The SMILES string of the molecule is Cc1[nH]ncc1-c1cccc2c1CCN2C(=O)[C@@H]1CCCN1.O=C(O)C(F)(F)F. The van der Waals surface area contributed by atoms with E-state index in [2.05, 4.69) is 27.6 Å². The lowest BCUT2D eigenvalue weighted by atomic mass is 9.98. The van der Waals surface area contributed by atoms with E-state index in [-0.39, 0.29) is 11.9 Å². The van der Waals surface area contributed by atoms with Crippen LogP contribution < -0.4 is 10.2 Å². The van der Waals surface area contributed by atoms with Crippen molar-refractivity contribution in [3.05, 3.63) is 35.7 Å². The molecule has 1 aromatic heterocycles. The summed E-state index contributed by atoms with van der Waals surface area (Å²) in [5.41, 5.74) is 5.72. The predicted molar refractivity (Wildman–Crippen MR) is 99.5 cm³/mol. The Kier molecular flexibility index (Phi) is 5.92. The number of H-pyrrole nitrogens is 1. The van der Waals surface area contributed by atoms with Crippen LogP contribution in [0.15, 0.2) is 24.4 Å². The van der Waals surface area contributed by atoms with Crippen LogP contribution >= 0.6 is 0 Å². The monoisotopic (exact) mass is 410 g/mol. The number of aromatic nitrogens is 2. The molecule has 1 aromatic carbocycles. The van der Waals surface area contributed by atoms with Crippen molar-refractivity contribution in [1.29, 1.82) is 0 Å². The zero-order valence-corrected chi connectivity index (χ0v) is 15.7. The maximum absolute atomic E-state index is 12.7. The Morgan fingerprint density at radius 2 is 2.00 bits per heavy atom. The van der Waals surface area contributed by atoms with Crippen LogP contribution in [0.3, 0.4) is 0 Å². The molecule has 1 fully saturated rings. The molecule has 1 saturated heterocycles. The molecule has 7 nitrogen and oxygen atoms in total. The smallest absolute Gasteiger partial charge is 0.475 e. The molecule has 1 amide bonds. The highest BCUT2D eigenvalue weighted by molar-refractivity contribution is 6.00. The molecule has 2 aliphatic rings. The summed E-state index contributed by atoms with van der Waals surface area (Å²) in [4.78, 5) is 23.6. The van der Waals surface area contributed by atoms with Crippen LogP contribution in [-0.2, 0) is 16.0 Å². The van der Waals surface area contributed by atoms with Gasteiger partial charge >= 0.3 is 12.1 Å². The average Bonchev–Trinajstić information content (AvgIpc) is 3.41. The molecular formula is C19H21F3N4O3. The molecule has 4 rings (SSSR count). The number of nitrogens with one attached hydrogen (secondary N) is 2. The second-order valence-corrected chi connectivity index (χ2v) is 6.90. The number of hydrogen-bond acceptors (Lipinski definition) is 4. The van der Waals surface area contributed by atoms with Gasteiger partial charge in [-0.25, -0.2) is 4.79 Å². The lowest BCUT2D eigenvalue weighted by Crippen LogP contribution is -2.42. The number of alkyl halides is 3. The van der Waals surface area contributed by atoms with E-state index in [0.29, 0.717) is 0 Å². The van der Waals surface area contributed by atoms with Crippen molar-refractivity contribution in [2.24, 2.45) is 0 Å². The molecule has 3 N–H and O–H groups in total. The van der Waals surface area contributed by atoms with Crippen molar-refractivity contribution >= 4 is 17.6 Å². The van der Waals surface area contributed by atoms with Gasteiger partial charge in [-0.2, -0.15) is 18.3 Å². The molecule has 0 bridgehead atoms. The van der Waals surface area contributed by atoms with E-state index >= 15 is 0 Å². The quantitative estimate of drug-likeness (QED) is 0.707. The number of carboxylic acids is 1. The first-order valence-electron chi connectivity index (χ1n) is 9.17. The summed E-state index contributed by atoms with van der Waals surface area (Å²) >= 11 is 0. The third kappa shape index (κ3) is 4.42. The van der Waals surface area contributed by atoms with Gasteiger partial charge in [0.2, 0.25) is 5.91 Å². The Bertz CT molecular complexity index is 904. The molecular weight excluding hydrogens is 389 g/mol. The lowest BCUT2D eigenvalue weighted by Gasteiger charge is -2.21. The Morgan fingerprint density at radius 1 is 1.28 bits per heavy atom. The maximum atomic E-state index is 12.7. The van der Waals surface area contributed by atoms with Crippen LogP contribution in [0.2, 0.25) is 0 Å². The van der Waals surface area contributed by atoms with Gasteiger partial charge in [0, 0.05) is 23.5 Å². The Labute approximate surface area is 164 Å². The van der Waals surface area contributed by atoms with Crippen molar-refractivity contribution < 1.29 is 27.9 Å². The molecule has 0 aliphatic carbocycles. The highest BCUT2D eigenvalue weighted by Gasteiger charge is 2.38. The minimum atomic E-state index is -5.08. The van der Waals surface area contributed by atoms with Gasteiger partial charge in [-0.3, -0.25) is 9.89 Å². The summed E-state index contributed by atoms with van der Waals surface area (Å²) in [6.07, 6.45) is -0.265. The first kappa shape index (κ1) is 20.8. The Hall–Kier alpha value is -2.88. The van der Waals surface area contributed by atoms with Crippen LogP contribution in [0.4, 0.5) is 18.9 Å². The Morgan fingerprint density at radius 3 is 2.55 bits per heavy atom. The summed E-state index contributed by atoms with van der Waals surface area (Å²) in [5, 5.41) is 17.6. The Balaban J connectivity index is 0.000000298. The van der Waals surface area contributed by atoms with Crippen molar-refractivity contribution in [1.82, 2.24) is 15.5 Å². The van der Waals surface area contributed by atoms with Gasteiger partial charge in [-0.05, 0) is 49.9 Å². The number of halogens is 3. The van der Waals surface area contributed by atoms with Gasteiger partial charge in [0.1, 0.15) is 0 Å². The number of nitrogens with zero attached hydrogens (tertiary/aromatic N) is 2. The highest BCUT2D eigenvalue weighted by Crippen LogP contribution is 2.37. The summed E-state index contributed by atoms with van der Waals surface area (Å²) in [6.45, 7) is 3.76. The fourth-order valence-corrected chi connectivity index (χ4v) is 3.62. The third-order valence-corrected chi connectivity index (χ3v) is 5.01. The summed E-state index contributed by atoms with van der Waals surface area (Å²) < 4.78 is 31.7. The number of carboxylic acid groups (broad SMARTS) is 1. The van der Waals surface area contributed by atoms with Crippen molar-refractivity contribution in [3.8, 4) is 11.1 Å². The zero-order chi connectivity index (χ0) is 21.2. The molecule has 0 unspecified atom stereocenters. The van der Waals surface area contributed by atoms with Crippen LogP contribution in [0.25, 0.3) is 11.1 Å². The molecule has 2 aliphatic heterocycles. The highest BCUT2D eigenvalue weighted by atomic mass is 19.4. The number of amides is 1. The predicted octanol–water partition coefficient (Wildman–Crippen LogP) is 2.66. The van der Waals surface area contributed by atoms with Crippen LogP contribution in [-0.4, -0.2) is 52.5 Å². The van der Waals surface area contributed by atoms with E-state index in [4.69, 9.17) is 9.90 Å². The largest absolute Gasteiger partial charge is 0.490 e. The second-order valence-electron chi connectivity index (χ2n) is 6.90. The van der Waals surface area contributed by atoms with Crippen molar-refractivity contribution in [2.75, 3.05) is 18.0 Å². The van der Waals surface area contributed by atoms with Crippen molar-refractivity contribution in [2.45, 2.75) is 38.4 Å². The van der Waals surface area contributed by atoms with Gasteiger partial charge in [-0.15, -0.1) is 0 Å². The standard InChI is InChI=1S/C17H20N4O.C2HF3O2/c1-11-14(10-19-20-11)12-4-2-6-16-13(12)7-9-21(16)17(22)15-5-3-8-18-15;3-2(4,5)1(6)7/h2,4,6,10,15,18H,3,5,7-9H2,1H3,(H,19,20);(H,6,7)/t15-;/m0./s1. The summed E-state index contributed by atoms with van der Waals surface area (Å²) in [5.74, 6) is -2.54. The summed E-state index contributed by atoms with van der Waals surface area (Å²) in [7, 11) is 0. The van der Waals surface area contributed by atoms with E-state index in [9.17, 15) is 18.0 Å². The van der Waals surface area contributed by atoms with Crippen LogP contribution in [0, 0.1) is 6.92 Å². The number of benzene rings is 1. The molecule has 1 atom stereocenters. The van der Waals surface area contributed by atoms with E-state index in [1.54, 1.807) is 0 Å². The topological polar surface area (TPSA) is 98.3 Å².